The SMILES string of the molecule is CC1(C)c2ccccc2Oc2ccc(-c3ccc4c(c3)c3cc(C#N)ccc3n4-c3cccnc3)cc21. The van der Waals surface area contributed by atoms with Crippen LogP contribution in [0, 0.1) is 11.3 Å². The van der Waals surface area contributed by atoms with Crippen molar-refractivity contribution >= 4 is 21.8 Å². The fraction of sp³-hybridized carbons (Fsp3) is 0.0909. The second-order valence-electron chi connectivity index (χ2n) is 10.1. The molecule has 4 aromatic carbocycles. The first kappa shape index (κ1) is 21.4. The van der Waals surface area contributed by atoms with Crippen LogP contribution in [0.4, 0.5) is 0 Å². The van der Waals surface area contributed by atoms with Gasteiger partial charge in [-0.1, -0.05) is 44.2 Å². The molecule has 1 aliphatic heterocycles. The van der Waals surface area contributed by atoms with Crippen LogP contribution in [0.25, 0.3) is 38.6 Å². The van der Waals surface area contributed by atoms with Gasteiger partial charge in [-0.25, -0.2) is 0 Å². The summed E-state index contributed by atoms with van der Waals surface area (Å²) in [5.74, 6) is 1.83. The lowest BCUT2D eigenvalue weighted by Crippen LogP contribution is -2.24. The molecule has 0 atom stereocenters. The van der Waals surface area contributed by atoms with Gasteiger partial charge in [-0.2, -0.15) is 5.26 Å². The molecule has 1 aliphatic rings. The molecule has 0 N–H and O–H groups in total. The van der Waals surface area contributed by atoms with Crippen LogP contribution in [0.3, 0.4) is 0 Å². The van der Waals surface area contributed by atoms with E-state index in [1.54, 1.807) is 6.20 Å². The van der Waals surface area contributed by atoms with Gasteiger partial charge < -0.3 is 9.30 Å². The van der Waals surface area contributed by atoms with Crippen molar-refractivity contribution in [1.82, 2.24) is 9.55 Å². The molecule has 0 aliphatic carbocycles. The first-order chi connectivity index (χ1) is 18.0. The molecule has 4 nitrogen and oxygen atoms in total. The molecule has 37 heavy (non-hydrogen) atoms. The summed E-state index contributed by atoms with van der Waals surface area (Å²) in [6, 6.07) is 33.5. The van der Waals surface area contributed by atoms with Crippen molar-refractivity contribution < 1.29 is 4.74 Å². The number of nitriles is 1. The second-order valence-corrected chi connectivity index (χ2v) is 10.1. The van der Waals surface area contributed by atoms with E-state index in [1.807, 2.05) is 42.6 Å². The average molecular weight is 478 g/mol. The summed E-state index contributed by atoms with van der Waals surface area (Å²) < 4.78 is 8.48. The van der Waals surface area contributed by atoms with Crippen LogP contribution in [-0.2, 0) is 5.41 Å². The van der Waals surface area contributed by atoms with Crippen molar-refractivity contribution in [3.8, 4) is 34.4 Å². The maximum atomic E-state index is 9.58. The van der Waals surface area contributed by atoms with Crippen LogP contribution in [0.1, 0.15) is 30.5 Å². The van der Waals surface area contributed by atoms with Gasteiger partial charge in [0, 0.05) is 33.5 Å². The van der Waals surface area contributed by atoms with Crippen LogP contribution >= 0.6 is 0 Å². The van der Waals surface area contributed by atoms with Gasteiger partial charge >= 0.3 is 0 Å². The van der Waals surface area contributed by atoms with Gasteiger partial charge in [-0.15, -0.1) is 0 Å². The van der Waals surface area contributed by atoms with Crippen LogP contribution < -0.4 is 4.74 Å². The predicted octanol–water partition coefficient (Wildman–Crippen LogP) is 8.15. The predicted molar refractivity (Wildman–Crippen MR) is 147 cm³/mol. The summed E-state index contributed by atoms with van der Waals surface area (Å²) in [7, 11) is 0. The molecule has 3 heterocycles. The van der Waals surface area contributed by atoms with E-state index in [0.717, 1.165) is 50.1 Å². The summed E-state index contributed by atoms with van der Waals surface area (Å²) >= 11 is 0. The molecular weight excluding hydrogens is 454 g/mol. The van der Waals surface area contributed by atoms with Crippen LogP contribution in [0.15, 0.2) is 103 Å². The molecule has 0 amide bonds. The lowest BCUT2D eigenvalue weighted by atomic mass is 9.75. The molecule has 176 valence electrons. The highest BCUT2D eigenvalue weighted by molar-refractivity contribution is 6.10. The second kappa shape index (κ2) is 7.81. The molecule has 0 saturated carbocycles. The summed E-state index contributed by atoms with van der Waals surface area (Å²) in [6.07, 6.45) is 3.65. The summed E-state index contributed by atoms with van der Waals surface area (Å²) in [4.78, 5) is 4.34. The van der Waals surface area contributed by atoms with Crippen molar-refractivity contribution in [2.45, 2.75) is 19.3 Å². The molecule has 0 radical (unpaired) electrons. The van der Waals surface area contributed by atoms with Gasteiger partial charge in [-0.3, -0.25) is 4.98 Å². The van der Waals surface area contributed by atoms with E-state index in [0.29, 0.717) is 5.56 Å². The maximum absolute atomic E-state index is 9.58. The fourth-order valence-electron chi connectivity index (χ4n) is 5.66. The Morgan fingerprint density at radius 2 is 1.49 bits per heavy atom. The Labute approximate surface area is 215 Å². The Balaban J connectivity index is 1.43. The van der Waals surface area contributed by atoms with Crippen LogP contribution in [0.5, 0.6) is 11.5 Å². The zero-order valence-electron chi connectivity index (χ0n) is 20.6. The number of rotatable bonds is 2. The minimum Gasteiger partial charge on any atom is -0.457 e. The quantitative estimate of drug-likeness (QED) is 0.253. The van der Waals surface area contributed by atoms with E-state index in [4.69, 9.17) is 4.74 Å². The molecule has 0 unspecified atom stereocenters. The van der Waals surface area contributed by atoms with Crippen molar-refractivity contribution in [2.75, 3.05) is 0 Å². The topological polar surface area (TPSA) is 50.8 Å². The van der Waals surface area contributed by atoms with Crippen LogP contribution in [0.2, 0.25) is 0 Å². The molecule has 7 rings (SSSR count). The standard InChI is InChI=1S/C33H23N3O/c1-33(2)27-7-3-4-8-31(27)37-32-14-11-23(18-28(32)33)22-10-13-30-26(17-22)25-16-21(19-34)9-12-29(25)36(30)24-6-5-15-35-20-24/h3-18,20H,1-2H3. The summed E-state index contributed by atoms with van der Waals surface area (Å²) in [6.45, 7) is 4.51. The molecule has 0 spiro atoms. The third-order valence-electron chi connectivity index (χ3n) is 7.56. The lowest BCUT2D eigenvalue weighted by Gasteiger charge is -2.34. The monoisotopic (exact) mass is 477 g/mol. The first-order valence-electron chi connectivity index (χ1n) is 12.4. The number of aromatic nitrogens is 2. The highest BCUT2D eigenvalue weighted by Gasteiger charge is 2.34. The Kier molecular flexibility index (Phi) is 4.52. The van der Waals surface area contributed by atoms with Crippen molar-refractivity contribution in [2.24, 2.45) is 0 Å². The molecule has 2 aromatic heterocycles. The van der Waals surface area contributed by atoms with Gasteiger partial charge in [0.15, 0.2) is 0 Å². The Hall–Kier alpha value is -4.88. The van der Waals surface area contributed by atoms with E-state index < -0.39 is 0 Å². The van der Waals surface area contributed by atoms with Gasteiger partial charge in [0.25, 0.3) is 0 Å². The van der Waals surface area contributed by atoms with Crippen molar-refractivity contribution in [3.63, 3.8) is 0 Å². The Morgan fingerprint density at radius 3 is 2.30 bits per heavy atom. The van der Waals surface area contributed by atoms with E-state index in [-0.39, 0.29) is 5.41 Å². The highest BCUT2D eigenvalue weighted by atomic mass is 16.5. The normalized spacial score (nSPS) is 13.5. The van der Waals surface area contributed by atoms with Crippen molar-refractivity contribution in [3.05, 3.63) is 120 Å². The number of pyridine rings is 1. The fourth-order valence-corrected chi connectivity index (χ4v) is 5.66. The largest absolute Gasteiger partial charge is 0.457 e. The lowest BCUT2D eigenvalue weighted by molar-refractivity contribution is 0.418. The van der Waals surface area contributed by atoms with E-state index in [9.17, 15) is 5.26 Å². The Bertz CT molecular complexity index is 1890. The summed E-state index contributed by atoms with van der Waals surface area (Å²) in [5, 5.41) is 11.7. The van der Waals surface area contributed by atoms with Gasteiger partial charge in [0.1, 0.15) is 11.5 Å². The zero-order valence-corrected chi connectivity index (χ0v) is 20.6. The molecule has 0 bridgehead atoms. The molecule has 4 heteroatoms. The number of hydrogen-bond acceptors (Lipinski definition) is 3. The smallest absolute Gasteiger partial charge is 0.131 e. The molecule has 0 saturated heterocycles. The van der Waals surface area contributed by atoms with E-state index in [1.165, 1.54) is 11.1 Å². The molecular formula is C33H23N3O. The number of ether oxygens (including phenoxy) is 1. The maximum Gasteiger partial charge on any atom is 0.131 e. The van der Waals surface area contributed by atoms with E-state index in [2.05, 4.69) is 84.1 Å². The minimum atomic E-state index is -0.178. The minimum absolute atomic E-state index is 0.178. The molecule has 0 fully saturated rings. The highest BCUT2D eigenvalue weighted by Crippen LogP contribution is 2.48. The van der Waals surface area contributed by atoms with Gasteiger partial charge in [0.05, 0.1) is 34.6 Å². The number of hydrogen-bond donors (Lipinski definition) is 0. The number of benzene rings is 4. The van der Waals surface area contributed by atoms with Gasteiger partial charge in [0.2, 0.25) is 0 Å². The van der Waals surface area contributed by atoms with Crippen molar-refractivity contribution in [1.29, 1.82) is 5.26 Å². The third kappa shape index (κ3) is 3.18. The first-order valence-corrected chi connectivity index (χ1v) is 12.4. The van der Waals surface area contributed by atoms with Crippen LogP contribution in [-0.4, -0.2) is 9.55 Å². The summed E-state index contributed by atoms with van der Waals surface area (Å²) in [5.41, 5.74) is 8.22. The number of fused-ring (bicyclic) bond motifs is 5. The third-order valence-corrected chi connectivity index (χ3v) is 7.56. The zero-order chi connectivity index (χ0) is 25.1. The average Bonchev–Trinajstić information content (AvgIpc) is 3.26. The number of para-hydroxylation sites is 1. The van der Waals surface area contributed by atoms with Gasteiger partial charge in [-0.05, 0) is 71.8 Å². The number of nitrogens with zero attached hydrogens (tertiary/aromatic N) is 3. The van der Waals surface area contributed by atoms with E-state index >= 15 is 0 Å². The molecule has 6 aromatic rings. The Morgan fingerprint density at radius 1 is 0.757 bits per heavy atom.